The highest BCUT2D eigenvalue weighted by Gasteiger charge is 2.53. The average Bonchev–Trinajstić information content (AvgIpc) is 3.46. The quantitative estimate of drug-likeness (QED) is 0.104. The fraction of sp³-hybridized carbons (Fsp3) is 0.243. The number of aliphatic hydroxyl groups excluding tert-OH is 1. The number of aliphatic hydroxyl groups is 1. The van der Waals surface area contributed by atoms with E-state index in [1.54, 1.807) is 0 Å². The number of rotatable bonds is 14. The van der Waals surface area contributed by atoms with Crippen LogP contribution in [0, 0.1) is 0 Å². The van der Waals surface area contributed by atoms with Crippen molar-refractivity contribution >= 4 is 39.5 Å². The number of carbonyl (C=O) groups excluding carboxylic acids is 1. The lowest BCUT2D eigenvalue weighted by atomic mass is 9.84. The van der Waals surface area contributed by atoms with Gasteiger partial charge in [-0.1, -0.05) is 88.7 Å². The molecule has 0 aliphatic carbocycles. The predicted octanol–water partition coefficient (Wildman–Crippen LogP) is 6.46. The second kappa shape index (κ2) is 15.7. The van der Waals surface area contributed by atoms with E-state index in [1.165, 1.54) is 0 Å². The summed E-state index contributed by atoms with van der Waals surface area (Å²) in [4.78, 5) is 21.5. The van der Waals surface area contributed by atoms with E-state index in [4.69, 9.17) is 19.6 Å². The van der Waals surface area contributed by atoms with E-state index >= 15 is 0 Å². The molecule has 1 aliphatic rings. The molecule has 4 aromatic rings. The standard InChI is InChI=1S/C37H39BrN4O4/c1-42(2)30-19-15-28(16-20-30)26-39-41-36(44)37(23-8-12-27-10-4-3-5-11-27)34(32-13-6-7-14-33(32)38)46-35(40-37)29-17-21-31(22-18-29)45-25-9-24-43/h3-8,10-22,34,39,43H,9,23-26H2,1-2H3,(H,41,44)/b12-8+/t34-,37-/m0/s1. The summed E-state index contributed by atoms with van der Waals surface area (Å²) in [6, 6.07) is 33.3. The molecule has 0 aromatic heterocycles. The maximum Gasteiger partial charge on any atom is 0.266 e. The van der Waals surface area contributed by atoms with Crippen molar-refractivity contribution < 1.29 is 19.4 Å². The number of amides is 1. The maximum absolute atomic E-state index is 14.4. The lowest BCUT2D eigenvalue weighted by Crippen LogP contribution is -2.52. The second-order valence-corrected chi connectivity index (χ2v) is 12.1. The Morgan fingerprint density at radius 1 is 1.00 bits per heavy atom. The van der Waals surface area contributed by atoms with Crippen LogP contribution >= 0.6 is 15.9 Å². The molecule has 0 spiro atoms. The molecule has 0 unspecified atom stereocenters. The minimum absolute atomic E-state index is 0.0691. The number of hydrogen-bond donors (Lipinski definition) is 3. The topological polar surface area (TPSA) is 95.4 Å². The minimum Gasteiger partial charge on any atom is -0.494 e. The number of anilines is 1. The molecule has 0 saturated carbocycles. The highest BCUT2D eigenvalue weighted by Crippen LogP contribution is 2.45. The Labute approximate surface area is 278 Å². The lowest BCUT2D eigenvalue weighted by molar-refractivity contribution is -0.129. The summed E-state index contributed by atoms with van der Waals surface area (Å²) in [7, 11) is 4.00. The van der Waals surface area contributed by atoms with Crippen molar-refractivity contribution in [3.05, 3.63) is 136 Å². The van der Waals surface area contributed by atoms with Crippen LogP contribution in [0.3, 0.4) is 0 Å². The van der Waals surface area contributed by atoms with Crippen LogP contribution < -0.4 is 20.5 Å². The van der Waals surface area contributed by atoms with Crippen LogP contribution in [0.2, 0.25) is 0 Å². The van der Waals surface area contributed by atoms with Gasteiger partial charge in [0.2, 0.25) is 5.90 Å². The highest BCUT2D eigenvalue weighted by molar-refractivity contribution is 9.10. The average molecular weight is 684 g/mol. The van der Waals surface area contributed by atoms with E-state index in [0.717, 1.165) is 32.4 Å². The molecule has 1 amide bonds. The summed E-state index contributed by atoms with van der Waals surface area (Å²) in [5, 5.41) is 9.07. The summed E-state index contributed by atoms with van der Waals surface area (Å²) in [6.07, 6.45) is 4.09. The zero-order valence-electron chi connectivity index (χ0n) is 26.0. The van der Waals surface area contributed by atoms with Gasteiger partial charge < -0.3 is 19.5 Å². The molecule has 1 heterocycles. The monoisotopic (exact) mass is 682 g/mol. The Kier molecular flexibility index (Phi) is 11.3. The van der Waals surface area contributed by atoms with E-state index in [-0.39, 0.29) is 18.9 Å². The first kappa shape index (κ1) is 32.9. The third-order valence-corrected chi connectivity index (χ3v) is 8.43. The zero-order valence-corrected chi connectivity index (χ0v) is 27.6. The molecule has 4 aromatic carbocycles. The zero-order chi connectivity index (χ0) is 32.4. The van der Waals surface area contributed by atoms with Crippen molar-refractivity contribution in [2.45, 2.75) is 31.0 Å². The summed E-state index contributed by atoms with van der Waals surface area (Å²) in [5.74, 6) is 0.732. The van der Waals surface area contributed by atoms with Crippen molar-refractivity contribution in [3.8, 4) is 5.75 Å². The molecular weight excluding hydrogens is 644 g/mol. The van der Waals surface area contributed by atoms with Gasteiger partial charge >= 0.3 is 0 Å². The fourth-order valence-electron chi connectivity index (χ4n) is 5.17. The first-order chi connectivity index (χ1) is 22.4. The molecule has 5 rings (SSSR count). The SMILES string of the molecule is CN(C)c1ccc(CNNC(=O)[C@@]2(C/C=C/c3ccccc3)N=C(c3ccc(OCCCO)cc3)O[C@H]2c2ccccc2Br)cc1. The summed E-state index contributed by atoms with van der Waals surface area (Å²) < 4.78 is 13.1. The third kappa shape index (κ3) is 8.04. The summed E-state index contributed by atoms with van der Waals surface area (Å²) in [6.45, 7) is 0.922. The van der Waals surface area contributed by atoms with Gasteiger partial charge in [0, 0.05) is 61.4 Å². The van der Waals surface area contributed by atoms with Gasteiger partial charge in [-0.05, 0) is 53.6 Å². The Morgan fingerprint density at radius 3 is 2.41 bits per heavy atom. The van der Waals surface area contributed by atoms with E-state index in [9.17, 15) is 4.79 Å². The smallest absolute Gasteiger partial charge is 0.266 e. The molecule has 0 fully saturated rings. The number of aliphatic imine (C=N–C) groups is 1. The molecule has 2 atom stereocenters. The number of ether oxygens (including phenoxy) is 2. The van der Waals surface area contributed by atoms with Gasteiger partial charge in [0.1, 0.15) is 5.75 Å². The van der Waals surface area contributed by atoms with E-state index in [2.05, 4.69) is 26.8 Å². The lowest BCUT2D eigenvalue weighted by Gasteiger charge is -2.30. The number of hydrogen-bond acceptors (Lipinski definition) is 7. The van der Waals surface area contributed by atoms with Crippen molar-refractivity contribution in [2.24, 2.45) is 4.99 Å². The number of halogens is 1. The number of nitrogens with zero attached hydrogens (tertiary/aromatic N) is 2. The highest BCUT2D eigenvalue weighted by atomic mass is 79.9. The van der Waals surface area contributed by atoms with Gasteiger partial charge in [-0.3, -0.25) is 10.2 Å². The summed E-state index contributed by atoms with van der Waals surface area (Å²) >= 11 is 3.69. The molecule has 0 bridgehead atoms. The Morgan fingerprint density at radius 2 is 1.72 bits per heavy atom. The number of benzene rings is 4. The molecule has 0 saturated heterocycles. The van der Waals surface area contributed by atoms with Crippen LogP contribution in [0.4, 0.5) is 5.69 Å². The Hall–Kier alpha value is -4.44. The van der Waals surface area contributed by atoms with Crippen molar-refractivity contribution in [3.63, 3.8) is 0 Å². The van der Waals surface area contributed by atoms with Crippen molar-refractivity contribution in [1.82, 2.24) is 10.9 Å². The van der Waals surface area contributed by atoms with Crippen molar-refractivity contribution in [1.29, 1.82) is 0 Å². The molecule has 0 radical (unpaired) electrons. The second-order valence-electron chi connectivity index (χ2n) is 11.2. The van der Waals surface area contributed by atoms with Crippen molar-refractivity contribution in [2.75, 3.05) is 32.2 Å². The van der Waals surface area contributed by atoms with Gasteiger partial charge in [-0.25, -0.2) is 10.4 Å². The van der Waals surface area contributed by atoms with Crippen LogP contribution in [-0.4, -0.2) is 49.8 Å². The van der Waals surface area contributed by atoms with Crippen LogP contribution in [0.15, 0.2) is 119 Å². The summed E-state index contributed by atoms with van der Waals surface area (Å²) in [5.41, 5.74) is 9.43. The maximum atomic E-state index is 14.4. The Bertz CT molecular complexity index is 1640. The number of hydrazine groups is 1. The minimum atomic E-state index is -1.33. The Balaban J connectivity index is 1.47. The molecule has 8 nitrogen and oxygen atoms in total. The van der Waals surface area contributed by atoms with Gasteiger partial charge in [0.25, 0.3) is 5.91 Å². The molecule has 238 valence electrons. The molecule has 3 N–H and O–H groups in total. The number of carbonyl (C=O) groups is 1. The van der Waals surface area contributed by atoms with E-state index in [0.29, 0.717) is 31.2 Å². The molecule has 9 heteroatoms. The van der Waals surface area contributed by atoms with Gasteiger partial charge in [0.15, 0.2) is 11.6 Å². The molecule has 46 heavy (non-hydrogen) atoms. The molecule has 1 aliphatic heterocycles. The van der Waals surface area contributed by atoms with Crippen LogP contribution in [-0.2, 0) is 16.1 Å². The normalized spacial score (nSPS) is 17.4. The third-order valence-electron chi connectivity index (χ3n) is 7.70. The van der Waals surface area contributed by atoms with Crippen LogP contribution in [0.5, 0.6) is 5.75 Å². The first-order valence-electron chi connectivity index (χ1n) is 15.3. The molecular formula is C37H39BrN4O4. The largest absolute Gasteiger partial charge is 0.494 e. The fourth-order valence-corrected chi connectivity index (χ4v) is 5.66. The van der Waals surface area contributed by atoms with Gasteiger partial charge in [0.05, 0.1) is 6.61 Å². The van der Waals surface area contributed by atoms with Crippen LogP contribution in [0.1, 0.15) is 41.2 Å². The van der Waals surface area contributed by atoms with Gasteiger partial charge in [-0.2, -0.15) is 0 Å². The first-order valence-corrected chi connectivity index (χ1v) is 16.0. The number of nitrogens with one attached hydrogen (secondary N) is 2. The van der Waals surface area contributed by atoms with Gasteiger partial charge in [-0.15, -0.1) is 0 Å². The van der Waals surface area contributed by atoms with E-state index in [1.807, 2.05) is 134 Å². The van der Waals surface area contributed by atoms with E-state index < -0.39 is 11.6 Å². The predicted molar refractivity (Wildman–Crippen MR) is 187 cm³/mol. The van der Waals surface area contributed by atoms with Crippen LogP contribution in [0.25, 0.3) is 6.08 Å².